The number of unbranched alkanes of at least 4 members (excludes halogenated alkanes) is 11. The van der Waals surface area contributed by atoms with Gasteiger partial charge in [0.25, 0.3) is 0 Å². The second-order valence-corrected chi connectivity index (χ2v) is 6.43. The fourth-order valence-electron chi connectivity index (χ4n) is 2.71. The van der Waals surface area contributed by atoms with Gasteiger partial charge in [-0.1, -0.05) is 71.1 Å². The van der Waals surface area contributed by atoms with Crippen LogP contribution in [0.2, 0.25) is 0 Å². The molecule has 3 heteroatoms. The third-order valence-electron chi connectivity index (χ3n) is 4.16. The lowest BCUT2D eigenvalue weighted by atomic mass is 10.0. The number of aliphatic carboxylic acids is 1. The maximum atomic E-state index is 11.7. The molecule has 22 heavy (non-hydrogen) atoms. The van der Waals surface area contributed by atoms with Crippen LogP contribution in [-0.4, -0.2) is 16.9 Å². The van der Waals surface area contributed by atoms with Gasteiger partial charge in [-0.2, -0.15) is 0 Å². The first-order chi connectivity index (χ1) is 10.7. The van der Waals surface area contributed by atoms with Gasteiger partial charge < -0.3 is 5.11 Å². The molecule has 0 heterocycles. The van der Waals surface area contributed by atoms with Crippen molar-refractivity contribution in [2.45, 2.75) is 110 Å². The molecule has 3 nitrogen and oxygen atoms in total. The fourth-order valence-corrected chi connectivity index (χ4v) is 2.71. The summed E-state index contributed by atoms with van der Waals surface area (Å²) in [4.78, 5) is 22.1. The molecule has 0 aromatic rings. The lowest BCUT2D eigenvalue weighted by molar-refractivity contribution is -0.137. The Balaban J connectivity index is 3.16. The molecule has 0 aliphatic heterocycles. The number of carboxylic acid groups (broad SMARTS) is 1. The quantitative estimate of drug-likeness (QED) is 0.340. The molecule has 0 aromatic carbocycles. The highest BCUT2D eigenvalue weighted by Crippen LogP contribution is 2.12. The van der Waals surface area contributed by atoms with E-state index in [4.69, 9.17) is 5.11 Å². The van der Waals surface area contributed by atoms with E-state index in [9.17, 15) is 9.59 Å². The summed E-state index contributed by atoms with van der Waals surface area (Å²) in [5.41, 5.74) is 0. The topological polar surface area (TPSA) is 54.4 Å². The molecule has 0 saturated carbocycles. The van der Waals surface area contributed by atoms with Crippen LogP contribution in [0, 0.1) is 0 Å². The molecule has 0 aromatic heterocycles. The van der Waals surface area contributed by atoms with Crippen molar-refractivity contribution in [1.29, 1.82) is 0 Å². The van der Waals surface area contributed by atoms with Crippen LogP contribution in [0.3, 0.4) is 0 Å². The average molecular weight is 312 g/mol. The Morgan fingerprint density at radius 3 is 1.36 bits per heavy atom. The number of carbonyl (C=O) groups excluding carboxylic acids is 1. The lowest BCUT2D eigenvalue weighted by Gasteiger charge is -2.03. The predicted octanol–water partition coefficient (Wildman–Crippen LogP) is 5.90. The number of hydrogen-bond acceptors (Lipinski definition) is 2. The van der Waals surface area contributed by atoms with Crippen molar-refractivity contribution in [2.75, 3.05) is 0 Å². The van der Waals surface area contributed by atoms with Gasteiger partial charge in [-0.3, -0.25) is 9.59 Å². The molecule has 1 N–H and O–H groups in total. The van der Waals surface area contributed by atoms with Gasteiger partial charge in [0.05, 0.1) is 0 Å². The lowest BCUT2D eigenvalue weighted by Crippen LogP contribution is -1.97. The summed E-state index contributed by atoms with van der Waals surface area (Å²) in [5, 5.41) is 8.52. The normalized spacial score (nSPS) is 10.8. The molecule has 0 rings (SSSR count). The van der Waals surface area contributed by atoms with E-state index >= 15 is 0 Å². The minimum atomic E-state index is -0.691. The van der Waals surface area contributed by atoms with Crippen molar-refractivity contribution in [3.8, 4) is 0 Å². The summed E-state index contributed by atoms with van der Waals surface area (Å²) in [6.45, 7) is 2.22. The Hall–Kier alpha value is -0.860. The Bertz CT molecular complexity index is 274. The van der Waals surface area contributed by atoms with Gasteiger partial charge in [0.15, 0.2) is 0 Å². The summed E-state index contributed by atoms with van der Waals surface area (Å²) in [6, 6.07) is 0. The van der Waals surface area contributed by atoms with Crippen molar-refractivity contribution in [3.05, 3.63) is 0 Å². The van der Waals surface area contributed by atoms with Crippen LogP contribution < -0.4 is 0 Å². The van der Waals surface area contributed by atoms with E-state index in [-0.39, 0.29) is 0 Å². The molecule has 0 bridgehead atoms. The Morgan fingerprint density at radius 1 is 0.591 bits per heavy atom. The van der Waals surface area contributed by atoms with Gasteiger partial charge in [-0.15, -0.1) is 0 Å². The Morgan fingerprint density at radius 2 is 0.955 bits per heavy atom. The van der Waals surface area contributed by atoms with Crippen molar-refractivity contribution >= 4 is 11.8 Å². The van der Waals surface area contributed by atoms with Crippen LogP contribution in [0.15, 0.2) is 0 Å². The Kier molecular flexibility index (Phi) is 15.9. The first-order valence-electron chi connectivity index (χ1n) is 9.40. The van der Waals surface area contributed by atoms with Gasteiger partial charge in [0, 0.05) is 19.3 Å². The smallest absolute Gasteiger partial charge is 0.303 e. The summed E-state index contributed by atoms with van der Waals surface area (Å²) < 4.78 is 0. The predicted molar refractivity (Wildman–Crippen MR) is 92.2 cm³/mol. The monoisotopic (exact) mass is 312 g/mol. The molecular formula is C19H36O3. The van der Waals surface area contributed by atoms with Crippen LogP contribution in [0.4, 0.5) is 0 Å². The molecule has 130 valence electrons. The number of rotatable bonds is 17. The van der Waals surface area contributed by atoms with Crippen LogP contribution in [0.25, 0.3) is 0 Å². The molecule has 0 spiro atoms. The van der Waals surface area contributed by atoms with Crippen molar-refractivity contribution < 1.29 is 14.7 Å². The molecule has 0 fully saturated rings. The van der Waals surface area contributed by atoms with Gasteiger partial charge in [-0.25, -0.2) is 0 Å². The molecule has 0 radical (unpaired) electrons. The van der Waals surface area contributed by atoms with Crippen LogP contribution >= 0.6 is 0 Å². The van der Waals surface area contributed by atoms with Gasteiger partial charge >= 0.3 is 5.97 Å². The number of carboxylic acids is 1. The molecule has 0 aliphatic rings. The molecule has 0 amide bonds. The van der Waals surface area contributed by atoms with Gasteiger partial charge in [-0.05, 0) is 19.3 Å². The third kappa shape index (κ3) is 17.2. The van der Waals surface area contributed by atoms with Crippen LogP contribution in [-0.2, 0) is 9.59 Å². The van der Waals surface area contributed by atoms with E-state index in [1.165, 1.54) is 44.9 Å². The average Bonchev–Trinajstić information content (AvgIpc) is 2.48. The Labute approximate surface area is 136 Å². The van der Waals surface area contributed by atoms with Gasteiger partial charge in [0.1, 0.15) is 5.78 Å². The zero-order valence-corrected chi connectivity index (χ0v) is 14.6. The maximum Gasteiger partial charge on any atom is 0.303 e. The highest BCUT2D eigenvalue weighted by molar-refractivity contribution is 5.78. The molecule has 0 aliphatic carbocycles. The molecular weight excluding hydrogens is 276 g/mol. The molecule has 0 saturated heterocycles. The minimum Gasteiger partial charge on any atom is -0.481 e. The summed E-state index contributed by atoms with van der Waals surface area (Å²) in [6.07, 6.45) is 16.8. The van der Waals surface area contributed by atoms with Crippen molar-refractivity contribution in [3.63, 3.8) is 0 Å². The number of hydrogen-bond donors (Lipinski definition) is 1. The van der Waals surface area contributed by atoms with Crippen molar-refractivity contribution in [1.82, 2.24) is 0 Å². The van der Waals surface area contributed by atoms with E-state index < -0.39 is 5.97 Å². The highest BCUT2D eigenvalue weighted by Gasteiger charge is 2.02. The number of ketones is 1. The summed E-state index contributed by atoms with van der Waals surface area (Å²) in [5.74, 6) is -0.249. The standard InChI is InChI=1S/C19H36O3/c1-2-3-4-5-9-12-15-18(20)16-13-10-7-6-8-11-14-17-19(21)22/h2-17H2,1H3,(H,21,22). The van der Waals surface area contributed by atoms with Crippen LogP contribution in [0.5, 0.6) is 0 Å². The van der Waals surface area contributed by atoms with E-state index in [0.29, 0.717) is 12.2 Å². The second-order valence-electron chi connectivity index (χ2n) is 6.43. The second kappa shape index (κ2) is 16.5. The molecule has 0 atom stereocenters. The maximum absolute atomic E-state index is 11.7. The van der Waals surface area contributed by atoms with Crippen LogP contribution in [0.1, 0.15) is 110 Å². The first-order valence-corrected chi connectivity index (χ1v) is 9.40. The van der Waals surface area contributed by atoms with Crippen molar-refractivity contribution in [2.24, 2.45) is 0 Å². The van der Waals surface area contributed by atoms with E-state index in [1.54, 1.807) is 0 Å². The number of carbonyl (C=O) groups is 2. The van der Waals surface area contributed by atoms with E-state index in [2.05, 4.69) is 6.92 Å². The summed E-state index contributed by atoms with van der Waals surface area (Å²) in [7, 11) is 0. The largest absolute Gasteiger partial charge is 0.481 e. The van der Waals surface area contributed by atoms with Gasteiger partial charge in [0.2, 0.25) is 0 Å². The first kappa shape index (κ1) is 21.1. The highest BCUT2D eigenvalue weighted by atomic mass is 16.4. The van der Waals surface area contributed by atoms with E-state index in [0.717, 1.165) is 51.4 Å². The molecule has 0 unspecified atom stereocenters. The number of Topliss-reactive ketones (excluding diaryl/α,β-unsaturated/α-hetero) is 1. The minimum absolute atomic E-state index is 0.299. The zero-order valence-electron chi connectivity index (χ0n) is 14.6. The zero-order chi connectivity index (χ0) is 16.5. The SMILES string of the molecule is CCCCCCCCC(=O)CCCCCCCCCC(=O)O. The fraction of sp³-hybridized carbons (Fsp3) is 0.895. The van der Waals surface area contributed by atoms with E-state index in [1.807, 2.05) is 0 Å². The summed E-state index contributed by atoms with van der Waals surface area (Å²) >= 11 is 0. The third-order valence-corrected chi connectivity index (χ3v) is 4.16.